The summed E-state index contributed by atoms with van der Waals surface area (Å²) in [5.74, 6) is -3.37. The van der Waals surface area contributed by atoms with Gasteiger partial charge in [0.05, 0.1) is 30.0 Å². The Morgan fingerprint density at radius 2 is 2.18 bits per heavy atom. The van der Waals surface area contributed by atoms with Crippen molar-refractivity contribution in [2.45, 2.75) is 56.8 Å². The Morgan fingerprint density at radius 3 is 2.77 bits per heavy atom. The van der Waals surface area contributed by atoms with Gasteiger partial charge in [-0.15, -0.1) is 0 Å². The molecule has 1 aromatic heterocycles. The Labute approximate surface area is 126 Å². The molecule has 1 aliphatic carbocycles. The van der Waals surface area contributed by atoms with Gasteiger partial charge in [-0.05, 0) is 13.8 Å². The number of rotatable bonds is 3. The molecule has 2 heterocycles. The number of aromatic nitrogens is 2. The largest absolute Gasteiger partial charge is 0.394 e. The molecule has 2 atom stereocenters. The summed E-state index contributed by atoms with van der Waals surface area (Å²) in [7, 11) is 0. The first-order valence-corrected chi connectivity index (χ1v) is 7.29. The molecular weight excluding hydrogens is 296 g/mol. The smallest absolute Gasteiger partial charge is 0.272 e. The summed E-state index contributed by atoms with van der Waals surface area (Å²) in [5.41, 5.74) is 0.428. The number of carbonyl (C=O) groups excluding carboxylic acids is 1. The van der Waals surface area contributed by atoms with Crippen LogP contribution in [0.15, 0.2) is 0 Å². The van der Waals surface area contributed by atoms with E-state index in [-0.39, 0.29) is 17.9 Å². The number of aliphatic hydroxyl groups excluding tert-OH is 1. The van der Waals surface area contributed by atoms with Crippen molar-refractivity contribution in [1.82, 2.24) is 15.5 Å². The fraction of sp³-hybridized carbons (Fsp3) is 0.714. The van der Waals surface area contributed by atoms with Gasteiger partial charge in [0.1, 0.15) is 0 Å². The van der Waals surface area contributed by atoms with Gasteiger partial charge in [0.2, 0.25) is 0 Å². The minimum absolute atomic E-state index is 0.0495. The number of hydrogen-bond donors (Lipinski definition) is 3. The molecule has 8 heteroatoms. The Balaban J connectivity index is 1.79. The quantitative estimate of drug-likeness (QED) is 0.785. The van der Waals surface area contributed by atoms with Crippen LogP contribution in [0, 0.1) is 0 Å². The van der Waals surface area contributed by atoms with Crippen LogP contribution in [-0.2, 0) is 11.2 Å². The second kappa shape index (κ2) is 4.99. The lowest BCUT2D eigenvalue weighted by atomic mass is 9.74. The molecule has 1 saturated carbocycles. The Bertz CT molecular complexity index is 594. The highest BCUT2D eigenvalue weighted by Gasteiger charge is 2.57. The van der Waals surface area contributed by atoms with E-state index in [4.69, 9.17) is 4.74 Å². The van der Waals surface area contributed by atoms with Crippen LogP contribution in [0.5, 0.6) is 0 Å². The average Bonchev–Trinajstić information content (AvgIpc) is 2.80. The molecule has 1 amide bonds. The maximum absolute atomic E-state index is 13.1. The van der Waals surface area contributed by atoms with Crippen LogP contribution >= 0.6 is 0 Å². The molecule has 1 aliphatic heterocycles. The number of alkyl halides is 2. The molecule has 3 rings (SSSR count). The highest BCUT2D eigenvalue weighted by Crippen LogP contribution is 2.45. The summed E-state index contributed by atoms with van der Waals surface area (Å²) in [6, 6.07) is 0. The third kappa shape index (κ3) is 2.50. The molecule has 0 aromatic carbocycles. The summed E-state index contributed by atoms with van der Waals surface area (Å²) < 4.78 is 31.8. The van der Waals surface area contributed by atoms with Crippen molar-refractivity contribution in [3.63, 3.8) is 0 Å². The van der Waals surface area contributed by atoms with Crippen molar-refractivity contribution in [3.8, 4) is 0 Å². The zero-order valence-electron chi connectivity index (χ0n) is 12.4. The van der Waals surface area contributed by atoms with E-state index in [2.05, 4.69) is 15.5 Å². The van der Waals surface area contributed by atoms with Gasteiger partial charge in [0.25, 0.3) is 11.8 Å². The second-order valence-corrected chi connectivity index (χ2v) is 6.36. The monoisotopic (exact) mass is 315 g/mol. The maximum atomic E-state index is 13.1. The Hall–Kier alpha value is -1.54. The van der Waals surface area contributed by atoms with Crippen LogP contribution in [0.1, 0.15) is 54.5 Å². The standard InChI is InChI=1S/C14H19F2N3O3/c1-7-3-9-10(8(2)22-7)18-19-11(9)12(21)17-13(6-20)4-14(15,16)5-13/h7-8,20H,3-6H2,1-2H3,(H,17,21)(H,18,19)/t7-,8+/m1/s1. The first kappa shape index (κ1) is 15.4. The number of nitrogens with zero attached hydrogens (tertiary/aromatic N) is 1. The molecule has 2 aliphatic rings. The van der Waals surface area contributed by atoms with E-state index >= 15 is 0 Å². The third-order valence-corrected chi connectivity index (χ3v) is 4.32. The number of hydrogen-bond acceptors (Lipinski definition) is 4. The first-order chi connectivity index (χ1) is 10.3. The SMILES string of the molecule is C[C@@H]1Cc2c(C(=O)NC3(CO)CC(F)(F)C3)n[nH]c2[C@H](C)O1. The van der Waals surface area contributed by atoms with Gasteiger partial charge >= 0.3 is 0 Å². The van der Waals surface area contributed by atoms with Crippen LogP contribution in [0.3, 0.4) is 0 Å². The number of nitrogens with one attached hydrogen (secondary N) is 2. The maximum Gasteiger partial charge on any atom is 0.272 e. The van der Waals surface area contributed by atoms with E-state index in [0.29, 0.717) is 6.42 Å². The minimum Gasteiger partial charge on any atom is -0.394 e. The molecule has 0 unspecified atom stereocenters. The normalized spacial score (nSPS) is 28.6. The van der Waals surface area contributed by atoms with Gasteiger partial charge in [0, 0.05) is 24.8 Å². The molecule has 22 heavy (non-hydrogen) atoms. The molecule has 0 spiro atoms. The lowest BCUT2D eigenvalue weighted by Crippen LogP contribution is -2.64. The molecule has 6 nitrogen and oxygen atoms in total. The summed E-state index contributed by atoms with van der Waals surface area (Å²) in [6.07, 6.45) is -0.823. The van der Waals surface area contributed by atoms with Crippen molar-refractivity contribution >= 4 is 5.91 Å². The highest BCUT2D eigenvalue weighted by molar-refractivity contribution is 5.94. The summed E-state index contributed by atoms with van der Waals surface area (Å²) in [5, 5.41) is 18.7. The van der Waals surface area contributed by atoms with Crippen molar-refractivity contribution in [2.75, 3.05) is 6.61 Å². The van der Waals surface area contributed by atoms with Gasteiger partial charge < -0.3 is 15.2 Å². The van der Waals surface area contributed by atoms with Gasteiger partial charge in [-0.1, -0.05) is 0 Å². The molecule has 1 fully saturated rings. The predicted octanol–water partition coefficient (Wildman–Crippen LogP) is 1.32. The van der Waals surface area contributed by atoms with Gasteiger partial charge in [-0.2, -0.15) is 5.10 Å². The van der Waals surface area contributed by atoms with Gasteiger partial charge in [-0.3, -0.25) is 9.89 Å². The van der Waals surface area contributed by atoms with E-state index in [9.17, 15) is 18.7 Å². The summed E-state index contributed by atoms with van der Waals surface area (Å²) in [6.45, 7) is 3.24. The minimum atomic E-state index is -2.84. The van der Waals surface area contributed by atoms with E-state index in [0.717, 1.165) is 11.3 Å². The summed E-state index contributed by atoms with van der Waals surface area (Å²) >= 11 is 0. The molecular formula is C14H19F2N3O3. The number of ether oxygens (including phenoxy) is 1. The number of halogens is 2. The molecule has 122 valence electrons. The van der Waals surface area contributed by atoms with Crippen LogP contribution in [-0.4, -0.2) is 45.4 Å². The van der Waals surface area contributed by atoms with E-state index in [1.807, 2.05) is 13.8 Å². The Kier molecular flexibility index (Phi) is 3.48. The highest BCUT2D eigenvalue weighted by atomic mass is 19.3. The zero-order valence-corrected chi connectivity index (χ0v) is 12.4. The number of fused-ring (bicyclic) bond motifs is 1. The predicted molar refractivity (Wildman–Crippen MR) is 72.7 cm³/mol. The van der Waals surface area contributed by atoms with Crippen molar-refractivity contribution in [1.29, 1.82) is 0 Å². The van der Waals surface area contributed by atoms with Crippen LogP contribution in [0.25, 0.3) is 0 Å². The second-order valence-electron chi connectivity index (χ2n) is 6.36. The third-order valence-electron chi connectivity index (χ3n) is 4.32. The number of aliphatic hydroxyl groups is 1. The molecule has 0 saturated heterocycles. The van der Waals surface area contributed by atoms with Crippen molar-refractivity contribution in [3.05, 3.63) is 17.0 Å². The summed E-state index contributed by atoms with van der Waals surface area (Å²) in [4.78, 5) is 12.4. The Morgan fingerprint density at radius 1 is 1.50 bits per heavy atom. The lowest BCUT2D eigenvalue weighted by Gasteiger charge is -2.46. The van der Waals surface area contributed by atoms with Gasteiger partial charge in [-0.25, -0.2) is 8.78 Å². The topological polar surface area (TPSA) is 87.2 Å². The van der Waals surface area contributed by atoms with E-state index < -0.39 is 36.8 Å². The number of amides is 1. The molecule has 0 bridgehead atoms. The lowest BCUT2D eigenvalue weighted by molar-refractivity contribution is -0.143. The fourth-order valence-corrected chi connectivity index (χ4v) is 3.34. The number of carbonyl (C=O) groups is 1. The zero-order chi connectivity index (χ0) is 16.1. The molecule has 3 N–H and O–H groups in total. The van der Waals surface area contributed by atoms with E-state index in [1.165, 1.54) is 0 Å². The van der Waals surface area contributed by atoms with Crippen LogP contribution in [0.2, 0.25) is 0 Å². The average molecular weight is 315 g/mol. The molecule has 1 aromatic rings. The van der Waals surface area contributed by atoms with Crippen molar-refractivity contribution in [2.24, 2.45) is 0 Å². The van der Waals surface area contributed by atoms with Crippen molar-refractivity contribution < 1.29 is 23.4 Å². The number of H-pyrrole nitrogens is 1. The number of aromatic amines is 1. The van der Waals surface area contributed by atoms with E-state index in [1.54, 1.807) is 0 Å². The van der Waals surface area contributed by atoms with Crippen LogP contribution < -0.4 is 5.32 Å². The fourth-order valence-electron chi connectivity index (χ4n) is 3.34. The van der Waals surface area contributed by atoms with Crippen LogP contribution in [0.4, 0.5) is 8.78 Å². The molecule has 0 radical (unpaired) electrons. The first-order valence-electron chi connectivity index (χ1n) is 7.29. The van der Waals surface area contributed by atoms with Gasteiger partial charge in [0.15, 0.2) is 5.69 Å².